The molecule has 1 N–H and O–H groups in total. The second kappa shape index (κ2) is 14.4. The number of ether oxygens (including phenoxy) is 2. The summed E-state index contributed by atoms with van der Waals surface area (Å²) in [6, 6.07) is 35.8. The van der Waals surface area contributed by atoms with Crippen LogP contribution in [0.5, 0.6) is 11.5 Å². The normalized spacial score (nSPS) is 11.3. The molecule has 0 unspecified atom stereocenters. The minimum Gasteiger partial charge on any atom is -0.497 e. The van der Waals surface area contributed by atoms with E-state index >= 15 is 0 Å². The molecule has 200 valence electrons. The average Bonchev–Trinajstić information content (AvgIpc) is 2.99. The van der Waals surface area contributed by atoms with Crippen LogP contribution in [0, 0.1) is 0 Å². The summed E-state index contributed by atoms with van der Waals surface area (Å²) in [7, 11) is 1.63. The van der Waals surface area contributed by atoms with E-state index in [-0.39, 0.29) is 18.4 Å². The molecule has 0 bridgehead atoms. The molecule has 4 aromatic rings. The van der Waals surface area contributed by atoms with Crippen molar-refractivity contribution in [1.29, 1.82) is 0 Å². The van der Waals surface area contributed by atoms with Crippen LogP contribution in [0.15, 0.2) is 115 Å². The van der Waals surface area contributed by atoms with Crippen molar-refractivity contribution in [3.8, 4) is 11.5 Å². The number of para-hydroxylation sites is 1. The largest absolute Gasteiger partial charge is 0.497 e. The third kappa shape index (κ3) is 8.47. The van der Waals surface area contributed by atoms with Crippen LogP contribution < -0.4 is 14.8 Å². The first kappa shape index (κ1) is 27.5. The van der Waals surface area contributed by atoms with Gasteiger partial charge in [-0.1, -0.05) is 91.0 Å². The van der Waals surface area contributed by atoms with Gasteiger partial charge in [0.15, 0.2) is 6.61 Å². The van der Waals surface area contributed by atoms with E-state index in [9.17, 15) is 9.59 Å². The zero-order chi connectivity index (χ0) is 27.3. The fraction of sp³-hybridized carbons (Fsp3) is 0.212. The first-order valence-corrected chi connectivity index (χ1v) is 13.1. The molecule has 39 heavy (non-hydrogen) atoms. The first-order valence-electron chi connectivity index (χ1n) is 13.1. The number of nitrogens with zero attached hydrogens (tertiary/aromatic N) is 1. The minimum absolute atomic E-state index is 0.165. The van der Waals surface area contributed by atoms with Gasteiger partial charge in [0.1, 0.15) is 17.5 Å². The highest BCUT2D eigenvalue weighted by Gasteiger charge is 2.30. The number of hydrogen-bond acceptors (Lipinski definition) is 4. The van der Waals surface area contributed by atoms with Gasteiger partial charge in [-0.05, 0) is 47.4 Å². The molecule has 0 aliphatic rings. The van der Waals surface area contributed by atoms with Crippen LogP contribution in [0.4, 0.5) is 0 Å². The molecule has 0 spiro atoms. The Balaban J connectivity index is 1.53. The van der Waals surface area contributed by atoms with Gasteiger partial charge in [-0.25, -0.2) is 0 Å². The van der Waals surface area contributed by atoms with Gasteiger partial charge in [0.05, 0.1) is 7.11 Å². The molecule has 4 aromatic carbocycles. The minimum atomic E-state index is -0.713. The number of amides is 2. The smallest absolute Gasteiger partial charge is 0.261 e. The molecule has 4 rings (SSSR count). The zero-order valence-electron chi connectivity index (χ0n) is 22.2. The molecular weight excluding hydrogens is 488 g/mol. The van der Waals surface area contributed by atoms with Crippen molar-refractivity contribution in [2.45, 2.75) is 25.4 Å². The SMILES string of the molecule is COc1ccc(CCNC(=O)[C@@H](Cc2ccccc2)N(Cc2ccccc2)C(=O)COc2ccccc2)cc1. The molecule has 0 aromatic heterocycles. The van der Waals surface area contributed by atoms with Crippen molar-refractivity contribution < 1.29 is 19.1 Å². The standard InChI is InChI=1S/C33H34N2O4/c1-38-29-19-17-26(18-20-29)21-22-34-33(37)31(23-27-11-5-2-6-12-27)35(24-28-13-7-3-8-14-28)32(36)25-39-30-15-9-4-10-16-30/h2-20,31H,21-25H2,1H3,(H,34,37)/t31-/m1/s1. The second-order valence-electron chi connectivity index (χ2n) is 9.20. The molecule has 0 radical (unpaired) electrons. The van der Waals surface area contributed by atoms with Crippen molar-refractivity contribution in [2.24, 2.45) is 0 Å². The summed E-state index contributed by atoms with van der Waals surface area (Å²) in [5, 5.41) is 3.07. The Morgan fingerprint density at radius 2 is 1.31 bits per heavy atom. The highest BCUT2D eigenvalue weighted by molar-refractivity contribution is 5.88. The Morgan fingerprint density at radius 1 is 0.718 bits per heavy atom. The number of benzene rings is 4. The summed E-state index contributed by atoms with van der Waals surface area (Å²) in [5.74, 6) is 0.942. The number of methoxy groups -OCH3 is 1. The molecule has 0 aliphatic heterocycles. The molecule has 0 heterocycles. The summed E-state index contributed by atoms with van der Waals surface area (Å²) in [6.45, 7) is 0.576. The van der Waals surface area contributed by atoms with E-state index in [1.54, 1.807) is 12.0 Å². The van der Waals surface area contributed by atoms with Gasteiger partial charge < -0.3 is 19.7 Å². The van der Waals surface area contributed by atoms with Crippen molar-refractivity contribution in [2.75, 3.05) is 20.3 Å². The predicted octanol–water partition coefficient (Wildman–Crippen LogP) is 5.07. The summed E-state index contributed by atoms with van der Waals surface area (Å²) in [5.41, 5.74) is 3.00. The van der Waals surface area contributed by atoms with Crippen LogP contribution >= 0.6 is 0 Å². The van der Waals surface area contributed by atoms with Gasteiger partial charge in [-0.3, -0.25) is 9.59 Å². The highest BCUT2D eigenvalue weighted by Crippen LogP contribution is 2.17. The lowest BCUT2D eigenvalue weighted by atomic mass is 10.0. The molecule has 6 nitrogen and oxygen atoms in total. The number of rotatable bonds is 13. The lowest BCUT2D eigenvalue weighted by molar-refractivity contribution is -0.142. The second-order valence-corrected chi connectivity index (χ2v) is 9.20. The van der Waals surface area contributed by atoms with Crippen LogP contribution in [0.2, 0.25) is 0 Å². The Morgan fingerprint density at radius 3 is 1.92 bits per heavy atom. The highest BCUT2D eigenvalue weighted by atomic mass is 16.5. The van der Waals surface area contributed by atoms with E-state index in [0.717, 1.165) is 22.4 Å². The summed E-state index contributed by atoms with van der Waals surface area (Å²) >= 11 is 0. The van der Waals surface area contributed by atoms with Crippen molar-refractivity contribution in [3.05, 3.63) is 132 Å². The quantitative estimate of drug-likeness (QED) is 0.266. The van der Waals surface area contributed by atoms with E-state index < -0.39 is 6.04 Å². The lowest BCUT2D eigenvalue weighted by Gasteiger charge is -2.31. The zero-order valence-corrected chi connectivity index (χ0v) is 22.2. The van der Waals surface area contributed by atoms with Gasteiger partial charge in [0.25, 0.3) is 5.91 Å². The summed E-state index contributed by atoms with van der Waals surface area (Å²) in [4.78, 5) is 28.9. The van der Waals surface area contributed by atoms with Crippen LogP contribution in [0.25, 0.3) is 0 Å². The molecule has 0 saturated heterocycles. The van der Waals surface area contributed by atoms with E-state index in [4.69, 9.17) is 9.47 Å². The molecule has 1 atom stereocenters. The van der Waals surface area contributed by atoms with E-state index in [1.807, 2.05) is 115 Å². The third-order valence-corrected chi connectivity index (χ3v) is 6.44. The van der Waals surface area contributed by atoms with E-state index in [1.165, 1.54) is 0 Å². The summed E-state index contributed by atoms with van der Waals surface area (Å²) in [6.07, 6.45) is 1.05. The Labute approximate surface area is 230 Å². The topological polar surface area (TPSA) is 67.9 Å². The number of carbonyl (C=O) groups excluding carboxylic acids is 2. The fourth-order valence-corrected chi connectivity index (χ4v) is 4.32. The van der Waals surface area contributed by atoms with E-state index in [2.05, 4.69) is 5.32 Å². The Hall–Kier alpha value is -4.58. The first-order chi connectivity index (χ1) is 19.1. The van der Waals surface area contributed by atoms with Crippen LogP contribution in [-0.2, 0) is 29.0 Å². The molecule has 2 amide bonds. The van der Waals surface area contributed by atoms with Gasteiger partial charge in [-0.15, -0.1) is 0 Å². The van der Waals surface area contributed by atoms with Crippen LogP contribution in [0.1, 0.15) is 16.7 Å². The van der Waals surface area contributed by atoms with Gasteiger partial charge in [-0.2, -0.15) is 0 Å². The third-order valence-electron chi connectivity index (χ3n) is 6.44. The monoisotopic (exact) mass is 522 g/mol. The number of hydrogen-bond donors (Lipinski definition) is 1. The van der Waals surface area contributed by atoms with Crippen LogP contribution in [-0.4, -0.2) is 43.0 Å². The van der Waals surface area contributed by atoms with Crippen molar-refractivity contribution >= 4 is 11.8 Å². The molecule has 0 saturated carbocycles. The van der Waals surface area contributed by atoms with Gasteiger partial charge in [0.2, 0.25) is 5.91 Å². The number of carbonyl (C=O) groups is 2. The van der Waals surface area contributed by atoms with E-state index in [0.29, 0.717) is 31.7 Å². The summed E-state index contributed by atoms with van der Waals surface area (Å²) < 4.78 is 11.0. The van der Waals surface area contributed by atoms with Crippen LogP contribution in [0.3, 0.4) is 0 Å². The molecule has 0 aliphatic carbocycles. The Bertz CT molecular complexity index is 1300. The molecular formula is C33H34N2O4. The molecule has 0 fully saturated rings. The maximum absolute atomic E-state index is 13.7. The Kier molecular flexibility index (Phi) is 10.1. The van der Waals surface area contributed by atoms with Gasteiger partial charge in [0, 0.05) is 19.5 Å². The average molecular weight is 523 g/mol. The van der Waals surface area contributed by atoms with Crippen molar-refractivity contribution in [3.63, 3.8) is 0 Å². The van der Waals surface area contributed by atoms with Crippen molar-refractivity contribution in [1.82, 2.24) is 10.2 Å². The maximum Gasteiger partial charge on any atom is 0.261 e. The van der Waals surface area contributed by atoms with Gasteiger partial charge >= 0.3 is 0 Å². The maximum atomic E-state index is 13.7. The predicted molar refractivity (Wildman–Crippen MR) is 153 cm³/mol. The molecule has 6 heteroatoms. The lowest BCUT2D eigenvalue weighted by Crippen LogP contribution is -2.52. The number of nitrogens with one attached hydrogen (secondary N) is 1. The fourth-order valence-electron chi connectivity index (χ4n) is 4.32.